The van der Waals surface area contributed by atoms with Crippen LogP contribution in [0.3, 0.4) is 0 Å². The lowest BCUT2D eigenvalue weighted by Crippen LogP contribution is -2.31. The first-order valence-corrected chi connectivity index (χ1v) is 9.88. The number of nitrogens with zero attached hydrogens (tertiary/aromatic N) is 4. The van der Waals surface area contributed by atoms with Crippen molar-refractivity contribution in [3.8, 4) is 23.1 Å². The van der Waals surface area contributed by atoms with Crippen LogP contribution in [0.15, 0.2) is 55.1 Å². The molecule has 0 spiro atoms. The van der Waals surface area contributed by atoms with E-state index in [9.17, 15) is 0 Å². The number of pyridine rings is 2. The van der Waals surface area contributed by atoms with Gasteiger partial charge in [-0.2, -0.15) is 0 Å². The lowest BCUT2D eigenvalue weighted by molar-refractivity contribution is 0.0277. The second kappa shape index (κ2) is 7.79. The van der Waals surface area contributed by atoms with Gasteiger partial charge in [-0.3, -0.25) is 0 Å². The van der Waals surface area contributed by atoms with Crippen LogP contribution in [0, 0.1) is 0 Å². The fourth-order valence-electron chi connectivity index (χ4n) is 3.74. The van der Waals surface area contributed by atoms with E-state index in [2.05, 4.69) is 15.0 Å². The summed E-state index contributed by atoms with van der Waals surface area (Å²) in [6, 6.07) is 11.0. The van der Waals surface area contributed by atoms with Gasteiger partial charge in [0.05, 0.1) is 28.5 Å². The molecule has 0 unspecified atom stereocenters. The predicted octanol–water partition coefficient (Wildman–Crippen LogP) is 3.79. The minimum Gasteiger partial charge on any atom is -0.493 e. The van der Waals surface area contributed by atoms with E-state index in [-0.39, 0.29) is 18.4 Å². The van der Waals surface area contributed by atoms with E-state index in [0.717, 1.165) is 16.6 Å². The number of ether oxygens (including phenoxy) is 4. The van der Waals surface area contributed by atoms with Gasteiger partial charge in [0, 0.05) is 24.0 Å². The Kier molecular flexibility index (Phi) is 4.52. The summed E-state index contributed by atoms with van der Waals surface area (Å²) in [4.78, 5) is 12.9. The standard InChI is InChI=1S/C23H22N4O4/c1-14-21(16-6-7-20(29-3)25-11-16)31-22-18(28-2)9-15(10-19(22)30-14)12-27-13-26-17-5-4-8-24-23(17)27/h4-11,13-14,21H,12H2,1-3H3/t14-,21+/m0/s1/i8D. The molecule has 0 saturated heterocycles. The molecule has 8 heteroatoms. The lowest BCUT2D eigenvalue weighted by Gasteiger charge is -2.33. The van der Waals surface area contributed by atoms with E-state index >= 15 is 0 Å². The van der Waals surface area contributed by atoms with Crippen molar-refractivity contribution in [2.45, 2.75) is 25.7 Å². The van der Waals surface area contributed by atoms with E-state index in [1.54, 1.807) is 44.9 Å². The molecule has 0 radical (unpaired) electrons. The summed E-state index contributed by atoms with van der Waals surface area (Å²) >= 11 is 0. The molecule has 0 aliphatic carbocycles. The van der Waals surface area contributed by atoms with E-state index in [1.807, 2.05) is 29.7 Å². The minimum atomic E-state index is -0.335. The molecule has 0 amide bonds. The third-order valence-electron chi connectivity index (χ3n) is 5.26. The Morgan fingerprint density at radius 2 is 2.00 bits per heavy atom. The van der Waals surface area contributed by atoms with Gasteiger partial charge >= 0.3 is 0 Å². The van der Waals surface area contributed by atoms with Gasteiger partial charge in [0.2, 0.25) is 11.6 Å². The van der Waals surface area contributed by atoms with E-state index in [1.165, 1.54) is 0 Å². The molecule has 158 valence electrons. The van der Waals surface area contributed by atoms with Crippen LogP contribution in [0.4, 0.5) is 0 Å². The van der Waals surface area contributed by atoms with Gasteiger partial charge in [-0.15, -0.1) is 0 Å². The normalized spacial score (nSPS) is 18.0. The molecular formula is C23H22N4O4. The zero-order valence-electron chi connectivity index (χ0n) is 18.4. The van der Waals surface area contributed by atoms with Gasteiger partial charge in [0.25, 0.3) is 0 Å². The maximum absolute atomic E-state index is 7.80. The Labute approximate surface area is 180 Å². The smallest absolute Gasteiger partial charge is 0.212 e. The molecule has 3 aromatic heterocycles. The van der Waals surface area contributed by atoms with E-state index in [0.29, 0.717) is 35.3 Å². The average molecular weight is 419 g/mol. The number of fused-ring (bicyclic) bond motifs is 2. The molecule has 1 aromatic carbocycles. The van der Waals surface area contributed by atoms with Gasteiger partial charge in [0.15, 0.2) is 23.3 Å². The number of methoxy groups -OCH3 is 2. The SMILES string of the molecule is [2H]c1ccc2ncn(Cc3cc(OC)c4c(c3)O[C@@H](C)[C@H](c3ccc(OC)nc3)O4)c2n1. The first-order valence-electron chi connectivity index (χ1n) is 10.4. The van der Waals surface area contributed by atoms with Gasteiger partial charge < -0.3 is 23.5 Å². The first kappa shape index (κ1) is 18.0. The second-order valence-corrected chi connectivity index (χ2v) is 7.28. The molecule has 1 aliphatic heterocycles. The molecule has 0 N–H and O–H groups in total. The maximum Gasteiger partial charge on any atom is 0.212 e. The molecule has 4 heterocycles. The molecule has 31 heavy (non-hydrogen) atoms. The van der Waals surface area contributed by atoms with Crippen molar-refractivity contribution in [2.24, 2.45) is 0 Å². The molecule has 0 bridgehead atoms. The Balaban J connectivity index is 1.46. The maximum atomic E-state index is 7.80. The molecule has 0 fully saturated rings. The summed E-state index contributed by atoms with van der Waals surface area (Å²) in [6.45, 7) is 2.46. The number of hydrogen-bond donors (Lipinski definition) is 0. The molecular weight excluding hydrogens is 396 g/mol. The summed E-state index contributed by atoms with van der Waals surface area (Å²) in [6.07, 6.45) is 3.08. The third-order valence-corrected chi connectivity index (χ3v) is 5.26. The summed E-state index contributed by atoms with van der Waals surface area (Å²) in [7, 11) is 3.18. The van der Waals surface area contributed by atoms with Crippen molar-refractivity contribution >= 4 is 11.2 Å². The highest BCUT2D eigenvalue weighted by molar-refractivity contribution is 5.70. The topological polar surface area (TPSA) is 80.5 Å². The molecule has 0 saturated carbocycles. The first-order chi connectivity index (χ1) is 15.6. The van der Waals surface area contributed by atoms with Crippen LogP contribution in [-0.4, -0.2) is 39.8 Å². The van der Waals surface area contributed by atoms with Crippen LogP contribution in [0.5, 0.6) is 23.1 Å². The van der Waals surface area contributed by atoms with Gasteiger partial charge in [-0.1, -0.05) is 0 Å². The fraction of sp³-hybridized carbons (Fsp3) is 0.261. The van der Waals surface area contributed by atoms with Crippen molar-refractivity contribution in [1.82, 2.24) is 19.5 Å². The van der Waals surface area contributed by atoms with Gasteiger partial charge in [-0.05, 0) is 42.8 Å². The summed E-state index contributed by atoms with van der Waals surface area (Å²) in [5.41, 5.74) is 3.23. The monoisotopic (exact) mass is 419 g/mol. The number of benzene rings is 1. The van der Waals surface area contributed by atoms with Crippen molar-refractivity contribution < 1.29 is 20.3 Å². The lowest BCUT2D eigenvalue weighted by atomic mass is 10.0. The van der Waals surface area contributed by atoms with Crippen LogP contribution in [0.25, 0.3) is 11.2 Å². The predicted molar refractivity (Wildman–Crippen MR) is 114 cm³/mol. The van der Waals surface area contributed by atoms with Crippen molar-refractivity contribution in [2.75, 3.05) is 14.2 Å². The van der Waals surface area contributed by atoms with Crippen molar-refractivity contribution in [3.63, 3.8) is 0 Å². The summed E-state index contributed by atoms with van der Waals surface area (Å²) in [5.74, 6) is 2.29. The molecule has 8 nitrogen and oxygen atoms in total. The Bertz CT molecular complexity index is 1280. The Morgan fingerprint density at radius 1 is 1.10 bits per heavy atom. The van der Waals surface area contributed by atoms with Crippen LogP contribution < -0.4 is 18.9 Å². The fourth-order valence-corrected chi connectivity index (χ4v) is 3.74. The minimum absolute atomic E-state index is 0.201. The zero-order valence-corrected chi connectivity index (χ0v) is 17.4. The summed E-state index contributed by atoms with van der Waals surface area (Å²) < 4.78 is 33.0. The number of rotatable bonds is 5. The molecule has 5 rings (SSSR count). The highest BCUT2D eigenvalue weighted by Crippen LogP contribution is 2.46. The van der Waals surface area contributed by atoms with Crippen LogP contribution >= 0.6 is 0 Å². The number of hydrogen-bond acceptors (Lipinski definition) is 7. The van der Waals surface area contributed by atoms with Gasteiger partial charge in [-0.25, -0.2) is 15.0 Å². The highest BCUT2D eigenvalue weighted by atomic mass is 16.6. The Morgan fingerprint density at radius 3 is 2.77 bits per heavy atom. The largest absolute Gasteiger partial charge is 0.493 e. The zero-order chi connectivity index (χ0) is 22.2. The molecule has 4 aromatic rings. The summed E-state index contributed by atoms with van der Waals surface area (Å²) in [5, 5.41) is 0. The van der Waals surface area contributed by atoms with Crippen LogP contribution in [0.1, 0.15) is 25.5 Å². The Hall–Kier alpha value is -3.81. The molecule has 2 atom stereocenters. The quantitative estimate of drug-likeness (QED) is 0.487. The van der Waals surface area contributed by atoms with Crippen molar-refractivity contribution in [1.29, 1.82) is 0 Å². The van der Waals surface area contributed by atoms with Crippen LogP contribution in [0.2, 0.25) is 0 Å². The van der Waals surface area contributed by atoms with Gasteiger partial charge in [0.1, 0.15) is 11.6 Å². The average Bonchev–Trinajstić information content (AvgIpc) is 3.19. The van der Waals surface area contributed by atoms with E-state index < -0.39 is 0 Å². The molecule has 1 aliphatic rings. The van der Waals surface area contributed by atoms with E-state index in [4.69, 9.17) is 20.3 Å². The van der Waals surface area contributed by atoms with Crippen molar-refractivity contribution in [3.05, 3.63) is 66.2 Å². The third kappa shape index (κ3) is 3.50. The number of imidazole rings is 1. The number of aromatic nitrogens is 4. The van der Waals surface area contributed by atoms with Crippen LogP contribution in [-0.2, 0) is 6.54 Å². The highest BCUT2D eigenvalue weighted by Gasteiger charge is 2.32. The second-order valence-electron chi connectivity index (χ2n) is 7.28.